The van der Waals surface area contributed by atoms with Crippen molar-refractivity contribution in [3.05, 3.63) is 64.7 Å². The van der Waals surface area contributed by atoms with Gasteiger partial charge in [0.25, 0.3) is 0 Å². The van der Waals surface area contributed by atoms with E-state index in [-0.39, 0.29) is 17.6 Å². The number of carboxylic acids is 2. The highest BCUT2D eigenvalue weighted by atomic mass is 19.4. The van der Waals surface area contributed by atoms with Gasteiger partial charge in [0.15, 0.2) is 0 Å². The summed E-state index contributed by atoms with van der Waals surface area (Å²) in [5.41, 5.74) is 5.36. The summed E-state index contributed by atoms with van der Waals surface area (Å²) in [7, 11) is 1.72. The van der Waals surface area contributed by atoms with E-state index in [9.17, 15) is 31.4 Å². The number of carbonyl (C=O) groups is 2. The zero-order valence-corrected chi connectivity index (χ0v) is 21.9. The highest BCUT2D eigenvalue weighted by Crippen LogP contribution is 2.52. The summed E-state index contributed by atoms with van der Waals surface area (Å²) in [6, 6.07) is 15.3. The van der Waals surface area contributed by atoms with Crippen molar-refractivity contribution in [2.24, 2.45) is 0 Å². The Bertz CT molecular complexity index is 1210. The summed E-state index contributed by atoms with van der Waals surface area (Å²) < 4.78 is 68.9. The van der Waals surface area contributed by atoms with E-state index >= 15 is 0 Å². The number of fused-ring (bicyclic) bond motifs is 3. The number of nitrogens with one attached hydrogen (secondary N) is 1. The number of ether oxygens (including phenoxy) is 1. The third-order valence-electron chi connectivity index (χ3n) is 7.51. The van der Waals surface area contributed by atoms with E-state index < -0.39 is 24.3 Å². The van der Waals surface area contributed by atoms with Crippen LogP contribution in [0.15, 0.2) is 42.5 Å². The first-order chi connectivity index (χ1) is 19.1. The van der Waals surface area contributed by atoms with Crippen molar-refractivity contribution in [3.63, 3.8) is 0 Å². The molecule has 2 heterocycles. The van der Waals surface area contributed by atoms with Gasteiger partial charge in [0.2, 0.25) is 0 Å². The highest BCUT2D eigenvalue weighted by Gasteiger charge is 2.53. The molecule has 2 aromatic rings. The Morgan fingerprint density at radius 1 is 0.951 bits per heavy atom. The molecule has 41 heavy (non-hydrogen) atoms. The second-order valence-electron chi connectivity index (χ2n) is 9.84. The minimum absolute atomic E-state index is 0.0906. The monoisotopic (exact) mass is 592 g/mol. The molecule has 2 aromatic carbocycles. The summed E-state index contributed by atoms with van der Waals surface area (Å²) >= 11 is 0. The number of alkyl halides is 6. The predicted molar refractivity (Wildman–Crippen MR) is 133 cm³/mol. The second kappa shape index (κ2) is 12.7. The van der Waals surface area contributed by atoms with E-state index in [1.54, 1.807) is 7.11 Å². The molecule has 0 saturated carbocycles. The number of hydrogen-bond acceptors (Lipinski definition) is 6. The number of halogens is 6. The van der Waals surface area contributed by atoms with Crippen molar-refractivity contribution in [2.75, 3.05) is 26.7 Å². The molecule has 0 amide bonds. The van der Waals surface area contributed by atoms with E-state index in [1.165, 1.54) is 22.3 Å². The van der Waals surface area contributed by atoms with Gasteiger partial charge in [-0.1, -0.05) is 30.3 Å². The van der Waals surface area contributed by atoms with Crippen LogP contribution in [0.5, 0.6) is 5.75 Å². The summed E-state index contributed by atoms with van der Waals surface area (Å²) in [5, 5.41) is 29.3. The first-order valence-electron chi connectivity index (χ1n) is 12.6. The Balaban J connectivity index is 0.000000276. The van der Waals surface area contributed by atoms with Gasteiger partial charge in [-0.15, -0.1) is 0 Å². The first kappa shape index (κ1) is 32.2. The van der Waals surface area contributed by atoms with Crippen molar-refractivity contribution in [1.29, 1.82) is 0 Å². The third-order valence-corrected chi connectivity index (χ3v) is 7.51. The highest BCUT2D eigenvalue weighted by molar-refractivity contribution is 5.73. The van der Waals surface area contributed by atoms with Gasteiger partial charge in [0.1, 0.15) is 5.75 Å². The molecule has 1 spiro atoms. The lowest BCUT2D eigenvalue weighted by atomic mass is 9.72. The molecule has 1 fully saturated rings. The summed E-state index contributed by atoms with van der Waals surface area (Å²) in [5.74, 6) is -4.58. The molecule has 8 nitrogen and oxygen atoms in total. The van der Waals surface area contributed by atoms with Crippen molar-refractivity contribution >= 4 is 11.9 Å². The Kier molecular flexibility index (Phi) is 9.93. The minimum Gasteiger partial charge on any atom is -0.497 e. The normalized spacial score (nSPS) is 21.4. The van der Waals surface area contributed by atoms with Crippen LogP contribution in [-0.2, 0) is 28.0 Å². The zero-order chi connectivity index (χ0) is 30.6. The Morgan fingerprint density at radius 2 is 1.51 bits per heavy atom. The largest absolute Gasteiger partial charge is 0.497 e. The van der Waals surface area contributed by atoms with Crippen molar-refractivity contribution in [2.45, 2.75) is 55.7 Å². The summed E-state index contributed by atoms with van der Waals surface area (Å²) in [4.78, 5) is 20.3. The molecule has 1 aliphatic carbocycles. The lowest BCUT2D eigenvalue weighted by Crippen LogP contribution is -2.49. The maximum absolute atomic E-state index is 11.6. The lowest BCUT2D eigenvalue weighted by Gasteiger charge is -2.42. The molecule has 4 N–H and O–H groups in total. The smallest absolute Gasteiger partial charge is 0.490 e. The molecule has 1 saturated heterocycles. The number of aliphatic carboxylic acids is 2. The lowest BCUT2D eigenvalue weighted by molar-refractivity contribution is -0.193. The quantitative estimate of drug-likeness (QED) is 0.386. The fourth-order valence-corrected chi connectivity index (χ4v) is 5.59. The Labute approximate surface area is 231 Å². The van der Waals surface area contributed by atoms with Gasteiger partial charge in [-0.05, 0) is 66.7 Å². The number of methoxy groups -OCH3 is 1. The SMILES string of the molecule is COc1ccc2c(c1)CCN([C@@H]1c3ccccc3C3(CCNCC3)[C@H]1O)C2.O=C(O)C(F)(F)F.O=C(O)C(F)(F)F. The molecular weight excluding hydrogens is 562 g/mol. The maximum Gasteiger partial charge on any atom is 0.490 e. The van der Waals surface area contributed by atoms with Gasteiger partial charge >= 0.3 is 24.3 Å². The number of rotatable bonds is 2. The van der Waals surface area contributed by atoms with Crippen molar-refractivity contribution < 1.29 is 56.0 Å². The molecule has 0 unspecified atom stereocenters. The van der Waals surface area contributed by atoms with Gasteiger partial charge in [-0.3, -0.25) is 4.90 Å². The summed E-state index contributed by atoms with van der Waals surface area (Å²) in [6.45, 7) is 3.84. The fraction of sp³-hybridized carbons (Fsp3) is 0.481. The van der Waals surface area contributed by atoms with Crippen LogP contribution in [0.25, 0.3) is 0 Å². The zero-order valence-electron chi connectivity index (χ0n) is 21.9. The number of aliphatic hydroxyl groups excluding tert-OH is 1. The van der Waals surface area contributed by atoms with Gasteiger partial charge < -0.3 is 25.4 Å². The number of nitrogens with zero attached hydrogens (tertiary/aromatic N) is 1. The average Bonchev–Trinajstić information content (AvgIpc) is 3.15. The van der Waals surface area contributed by atoms with E-state index in [4.69, 9.17) is 24.5 Å². The van der Waals surface area contributed by atoms with E-state index in [0.29, 0.717) is 0 Å². The van der Waals surface area contributed by atoms with E-state index in [1.807, 2.05) is 0 Å². The molecular formula is C27H30F6N2O6. The molecule has 0 aromatic heterocycles. The summed E-state index contributed by atoms with van der Waals surface area (Å²) in [6.07, 6.45) is -7.46. The van der Waals surface area contributed by atoms with Crippen LogP contribution in [0, 0.1) is 0 Å². The van der Waals surface area contributed by atoms with Crippen LogP contribution in [0.3, 0.4) is 0 Å². The van der Waals surface area contributed by atoms with Gasteiger partial charge in [0.05, 0.1) is 19.3 Å². The minimum atomic E-state index is -5.08. The van der Waals surface area contributed by atoms with E-state index in [0.717, 1.165) is 51.2 Å². The van der Waals surface area contributed by atoms with Crippen LogP contribution in [-0.4, -0.2) is 77.4 Å². The molecule has 3 aliphatic rings. The van der Waals surface area contributed by atoms with Crippen LogP contribution in [0.4, 0.5) is 26.3 Å². The number of benzene rings is 2. The Hall–Kier alpha value is -3.36. The standard InChI is InChI=1S/C23H28N2O2.2C2HF3O2/c1-27-18-7-6-17-15-25(13-8-16(17)14-18)21-19-4-2-3-5-20(19)23(22(21)26)9-11-24-12-10-23;2*3-2(4,5)1(6)7/h2-7,14,21-22,24,26H,8-13,15H2,1H3;2*(H,6,7)/t21-,22+;;/m1../s1. The molecule has 2 aliphatic heterocycles. The van der Waals surface area contributed by atoms with Crippen LogP contribution >= 0.6 is 0 Å². The molecule has 0 bridgehead atoms. The van der Waals surface area contributed by atoms with E-state index in [2.05, 4.69) is 52.7 Å². The molecule has 2 atom stereocenters. The van der Waals surface area contributed by atoms with Crippen molar-refractivity contribution in [3.8, 4) is 5.75 Å². The van der Waals surface area contributed by atoms with Crippen molar-refractivity contribution in [1.82, 2.24) is 10.2 Å². The Morgan fingerprint density at radius 3 is 2.05 bits per heavy atom. The topological polar surface area (TPSA) is 119 Å². The van der Waals surface area contributed by atoms with Gasteiger partial charge in [-0.25, -0.2) is 9.59 Å². The predicted octanol–water partition coefficient (Wildman–Crippen LogP) is 4.06. The third kappa shape index (κ3) is 7.29. The number of carboxylic acid groups (broad SMARTS) is 2. The number of hydrogen-bond donors (Lipinski definition) is 4. The average molecular weight is 593 g/mol. The number of piperidine rings is 1. The van der Waals surface area contributed by atoms with Gasteiger partial charge in [-0.2, -0.15) is 26.3 Å². The molecule has 5 rings (SSSR count). The van der Waals surface area contributed by atoms with Gasteiger partial charge in [0, 0.05) is 18.5 Å². The molecule has 0 radical (unpaired) electrons. The van der Waals surface area contributed by atoms with Crippen LogP contribution in [0.1, 0.15) is 41.1 Å². The molecule has 14 heteroatoms. The number of aliphatic hydroxyl groups is 1. The van der Waals surface area contributed by atoms with Crippen LogP contribution < -0.4 is 10.1 Å². The van der Waals surface area contributed by atoms with Crippen LogP contribution in [0.2, 0.25) is 0 Å². The first-order valence-corrected chi connectivity index (χ1v) is 12.6. The maximum atomic E-state index is 11.6. The molecule has 226 valence electrons. The fourth-order valence-electron chi connectivity index (χ4n) is 5.59. The second-order valence-corrected chi connectivity index (χ2v) is 9.84.